The Morgan fingerprint density at radius 3 is 2.69 bits per heavy atom. The molecular formula is C22H25IN4OS. The summed E-state index contributed by atoms with van der Waals surface area (Å²) in [5, 5.41) is 4.18. The molecule has 1 N–H and O–H groups in total. The van der Waals surface area contributed by atoms with Crippen molar-refractivity contribution >= 4 is 55.2 Å². The van der Waals surface area contributed by atoms with E-state index < -0.39 is 0 Å². The van der Waals surface area contributed by atoms with Gasteiger partial charge in [-0.25, -0.2) is 4.98 Å². The minimum absolute atomic E-state index is 0.00812. The van der Waals surface area contributed by atoms with Gasteiger partial charge in [-0.05, 0) is 65.8 Å². The third kappa shape index (κ3) is 4.73. The molecule has 29 heavy (non-hydrogen) atoms. The molecule has 0 saturated carbocycles. The number of aryl methyl sites for hydroxylation is 2. The van der Waals surface area contributed by atoms with Gasteiger partial charge < -0.3 is 10.2 Å². The van der Waals surface area contributed by atoms with Crippen LogP contribution in [0.1, 0.15) is 21.5 Å². The zero-order valence-corrected chi connectivity index (χ0v) is 19.7. The van der Waals surface area contributed by atoms with E-state index in [2.05, 4.69) is 63.7 Å². The van der Waals surface area contributed by atoms with Crippen molar-refractivity contribution in [2.75, 3.05) is 44.2 Å². The van der Waals surface area contributed by atoms with Gasteiger partial charge >= 0.3 is 0 Å². The van der Waals surface area contributed by atoms with Gasteiger partial charge in [-0.3, -0.25) is 9.69 Å². The van der Waals surface area contributed by atoms with Crippen molar-refractivity contribution in [3.05, 3.63) is 56.7 Å². The summed E-state index contributed by atoms with van der Waals surface area (Å²) in [4.78, 5) is 22.0. The average Bonchev–Trinajstić information content (AvgIpc) is 3.13. The molecular weight excluding hydrogens is 495 g/mol. The van der Waals surface area contributed by atoms with E-state index >= 15 is 0 Å². The number of halogens is 1. The highest BCUT2D eigenvalue weighted by Crippen LogP contribution is 2.32. The highest BCUT2D eigenvalue weighted by atomic mass is 127. The van der Waals surface area contributed by atoms with Crippen LogP contribution in [0, 0.1) is 17.4 Å². The molecule has 7 heteroatoms. The van der Waals surface area contributed by atoms with E-state index in [0.29, 0.717) is 6.54 Å². The lowest BCUT2D eigenvalue weighted by atomic mass is 10.1. The second-order valence-electron chi connectivity index (χ2n) is 7.49. The van der Waals surface area contributed by atoms with Crippen LogP contribution >= 0.6 is 33.9 Å². The van der Waals surface area contributed by atoms with Crippen molar-refractivity contribution in [1.82, 2.24) is 15.2 Å². The number of nitrogens with zero attached hydrogens (tertiary/aromatic N) is 3. The molecule has 0 atom stereocenters. The van der Waals surface area contributed by atoms with E-state index in [1.807, 2.05) is 24.3 Å². The van der Waals surface area contributed by atoms with Crippen LogP contribution in [0.2, 0.25) is 0 Å². The van der Waals surface area contributed by atoms with Gasteiger partial charge in [0.15, 0.2) is 5.13 Å². The molecule has 2 aromatic carbocycles. The van der Waals surface area contributed by atoms with Gasteiger partial charge in [0.2, 0.25) is 0 Å². The van der Waals surface area contributed by atoms with Gasteiger partial charge in [0.1, 0.15) is 0 Å². The summed E-state index contributed by atoms with van der Waals surface area (Å²) in [6.07, 6.45) is 0. The molecule has 5 nitrogen and oxygen atoms in total. The first-order valence-corrected chi connectivity index (χ1v) is 11.8. The third-order valence-electron chi connectivity index (χ3n) is 5.28. The number of thiazole rings is 1. The van der Waals surface area contributed by atoms with E-state index in [0.717, 1.165) is 52.5 Å². The normalized spacial score (nSPS) is 15.1. The Labute approximate surface area is 189 Å². The van der Waals surface area contributed by atoms with Crippen LogP contribution in [0.3, 0.4) is 0 Å². The average molecular weight is 520 g/mol. The lowest BCUT2D eigenvalue weighted by Crippen LogP contribution is -2.48. The summed E-state index contributed by atoms with van der Waals surface area (Å²) in [5.41, 5.74) is 4.44. The Hall–Kier alpha value is -1.71. The van der Waals surface area contributed by atoms with Crippen LogP contribution in [0.25, 0.3) is 10.2 Å². The smallest absolute Gasteiger partial charge is 0.252 e. The molecule has 3 aromatic rings. The summed E-state index contributed by atoms with van der Waals surface area (Å²) >= 11 is 4.00. The lowest BCUT2D eigenvalue weighted by Gasteiger charge is -2.34. The number of fused-ring (bicyclic) bond motifs is 1. The minimum atomic E-state index is 0.00812. The summed E-state index contributed by atoms with van der Waals surface area (Å²) in [6, 6.07) is 12.1. The fraction of sp³-hybridized carbons (Fsp3) is 0.364. The Morgan fingerprint density at radius 1 is 1.17 bits per heavy atom. The predicted octanol–water partition coefficient (Wildman–Crippen LogP) is 4.07. The van der Waals surface area contributed by atoms with Crippen LogP contribution in [-0.4, -0.2) is 55.1 Å². The fourth-order valence-corrected chi connectivity index (χ4v) is 5.43. The van der Waals surface area contributed by atoms with Gasteiger partial charge in [-0.2, -0.15) is 0 Å². The molecule has 1 amide bonds. The maximum Gasteiger partial charge on any atom is 0.252 e. The summed E-state index contributed by atoms with van der Waals surface area (Å²) in [6.45, 7) is 9.77. The standard InChI is InChI=1S/C22H25IN4OS/c1-15-13-16(2)20-19(14-15)25-22(29-20)27-11-9-26(10-12-27)8-7-24-21(28)17-5-3-4-6-18(17)23/h3-6,13-14H,7-12H2,1-2H3,(H,24,28). The Balaban J connectivity index is 1.28. The number of hydrogen-bond donors (Lipinski definition) is 1. The Morgan fingerprint density at radius 2 is 1.93 bits per heavy atom. The maximum absolute atomic E-state index is 12.3. The molecule has 0 unspecified atom stereocenters. The van der Waals surface area contributed by atoms with Gasteiger partial charge in [0.25, 0.3) is 5.91 Å². The van der Waals surface area contributed by atoms with Crippen LogP contribution < -0.4 is 10.2 Å². The van der Waals surface area contributed by atoms with Gasteiger partial charge in [-0.1, -0.05) is 29.5 Å². The van der Waals surface area contributed by atoms with E-state index in [9.17, 15) is 4.79 Å². The number of amides is 1. The number of aromatic nitrogens is 1. The number of piperazine rings is 1. The molecule has 1 saturated heterocycles. The highest BCUT2D eigenvalue weighted by Gasteiger charge is 2.20. The van der Waals surface area contributed by atoms with Crippen molar-refractivity contribution in [2.45, 2.75) is 13.8 Å². The fourth-order valence-electron chi connectivity index (χ4n) is 3.73. The summed E-state index contributed by atoms with van der Waals surface area (Å²) in [5.74, 6) is 0.00812. The molecule has 0 bridgehead atoms. The number of carbonyl (C=O) groups excluding carboxylic acids is 1. The molecule has 1 fully saturated rings. The second-order valence-corrected chi connectivity index (χ2v) is 9.63. The molecule has 152 valence electrons. The number of nitrogens with one attached hydrogen (secondary N) is 1. The van der Waals surface area contributed by atoms with Crippen molar-refractivity contribution in [3.8, 4) is 0 Å². The van der Waals surface area contributed by atoms with E-state index in [1.54, 1.807) is 11.3 Å². The van der Waals surface area contributed by atoms with Crippen LogP contribution in [0.4, 0.5) is 5.13 Å². The van der Waals surface area contributed by atoms with E-state index in [1.165, 1.54) is 15.8 Å². The monoisotopic (exact) mass is 520 g/mol. The third-order valence-corrected chi connectivity index (χ3v) is 7.49. The first-order chi connectivity index (χ1) is 14.0. The van der Waals surface area contributed by atoms with Crippen molar-refractivity contribution in [2.24, 2.45) is 0 Å². The number of benzene rings is 2. The predicted molar refractivity (Wildman–Crippen MR) is 129 cm³/mol. The molecule has 1 aliphatic heterocycles. The first kappa shape index (κ1) is 20.6. The van der Waals surface area contributed by atoms with E-state index in [4.69, 9.17) is 4.98 Å². The van der Waals surface area contributed by atoms with Crippen molar-refractivity contribution in [3.63, 3.8) is 0 Å². The number of carbonyl (C=O) groups is 1. The summed E-state index contributed by atoms with van der Waals surface area (Å²) in [7, 11) is 0. The molecule has 2 heterocycles. The molecule has 4 rings (SSSR count). The molecule has 0 aliphatic carbocycles. The second kappa shape index (κ2) is 8.97. The van der Waals surface area contributed by atoms with Gasteiger partial charge in [-0.15, -0.1) is 0 Å². The maximum atomic E-state index is 12.3. The van der Waals surface area contributed by atoms with Gasteiger partial charge in [0.05, 0.1) is 15.8 Å². The van der Waals surface area contributed by atoms with Crippen molar-refractivity contribution in [1.29, 1.82) is 0 Å². The van der Waals surface area contributed by atoms with Crippen LogP contribution in [0.15, 0.2) is 36.4 Å². The minimum Gasteiger partial charge on any atom is -0.351 e. The molecule has 0 spiro atoms. The van der Waals surface area contributed by atoms with E-state index in [-0.39, 0.29) is 5.91 Å². The van der Waals surface area contributed by atoms with Crippen LogP contribution in [-0.2, 0) is 0 Å². The van der Waals surface area contributed by atoms with Gasteiger partial charge in [0, 0.05) is 42.8 Å². The Kier molecular flexibility index (Phi) is 6.36. The number of rotatable bonds is 5. The Bertz CT molecular complexity index is 1030. The zero-order valence-electron chi connectivity index (χ0n) is 16.7. The number of hydrogen-bond acceptors (Lipinski definition) is 5. The molecule has 1 aliphatic rings. The topological polar surface area (TPSA) is 48.5 Å². The number of anilines is 1. The largest absolute Gasteiger partial charge is 0.351 e. The molecule has 1 aromatic heterocycles. The molecule has 0 radical (unpaired) electrons. The van der Waals surface area contributed by atoms with Crippen LogP contribution in [0.5, 0.6) is 0 Å². The quantitative estimate of drug-likeness (QED) is 0.516. The highest BCUT2D eigenvalue weighted by molar-refractivity contribution is 14.1. The first-order valence-electron chi connectivity index (χ1n) is 9.89. The van der Waals surface area contributed by atoms with Crippen molar-refractivity contribution < 1.29 is 4.79 Å². The summed E-state index contributed by atoms with van der Waals surface area (Å²) < 4.78 is 2.28. The zero-order chi connectivity index (χ0) is 20.4. The SMILES string of the molecule is Cc1cc(C)c2sc(N3CCN(CCNC(=O)c4ccccc4I)CC3)nc2c1. The lowest BCUT2D eigenvalue weighted by molar-refractivity contribution is 0.0947.